The monoisotopic (exact) mass is 233 g/mol. The summed E-state index contributed by atoms with van der Waals surface area (Å²) >= 11 is 0. The normalized spacial score (nSPS) is 10.5. The van der Waals surface area contributed by atoms with Crippen molar-refractivity contribution in [1.29, 1.82) is 0 Å². The summed E-state index contributed by atoms with van der Waals surface area (Å²) in [4.78, 5) is 12.0. The van der Waals surface area contributed by atoms with E-state index in [4.69, 9.17) is 0 Å². The number of nitrogens with zero attached hydrogens (tertiary/aromatic N) is 4. The zero-order valence-electron chi connectivity index (χ0n) is 10.1. The molecule has 0 spiro atoms. The van der Waals surface area contributed by atoms with Crippen molar-refractivity contribution in [2.75, 3.05) is 5.32 Å². The summed E-state index contributed by atoms with van der Waals surface area (Å²) in [5.74, 6) is -0.166. The number of rotatable bonds is 3. The smallest absolute Gasteiger partial charge is 0.274 e. The summed E-state index contributed by atoms with van der Waals surface area (Å²) in [6.45, 7) is 4.47. The van der Waals surface area contributed by atoms with E-state index in [2.05, 4.69) is 15.5 Å². The van der Waals surface area contributed by atoms with Crippen LogP contribution in [0.2, 0.25) is 0 Å². The van der Waals surface area contributed by atoms with Gasteiger partial charge in [-0.05, 0) is 19.9 Å². The molecule has 6 heteroatoms. The van der Waals surface area contributed by atoms with E-state index >= 15 is 0 Å². The Bertz CT molecular complexity index is 540. The van der Waals surface area contributed by atoms with Crippen LogP contribution < -0.4 is 5.32 Å². The van der Waals surface area contributed by atoms with E-state index in [1.165, 1.54) is 0 Å². The second kappa shape index (κ2) is 4.40. The average molecular weight is 233 g/mol. The van der Waals surface area contributed by atoms with Crippen molar-refractivity contribution < 1.29 is 4.79 Å². The molecule has 6 nitrogen and oxygen atoms in total. The van der Waals surface area contributed by atoms with E-state index in [1.54, 1.807) is 27.8 Å². The lowest BCUT2D eigenvalue weighted by atomic mass is 10.3. The molecule has 0 aliphatic heterocycles. The van der Waals surface area contributed by atoms with Crippen LogP contribution in [0.1, 0.15) is 23.1 Å². The maximum Gasteiger partial charge on any atom is 0.274 e. The third-order valence-corrected chi connectivity index (χ3v) is 2.51. The molecule has 0 radical (unpaired) electrons. The third kappa shape index (κ3) is 2.20. The van der Waals surface area contributed by atoms with Crippen molar-refractivity contribution in [3.8, 4) is 0 Å². The second-order valence-corrected chi connectivity index (χ2v) is 3.79. The Morgan fingerprint density at radius 2 is 2.29 bits per heavy atom. The van der Waals surface area contributed by atoms with Crippen LogP contribution in [0.3, 0.4) is 0 Å². The molecule has 2 aromatic rings. The average Bonchev–Trinajstić information content (AvgIpc) is 2.85. The zero-order chi connectivity index (χ0) is 12.4. The molecule has 0 saturated carbocycles. The van der Waals surface area contributed by atoms with Crippen molar-refractivity contribution in [2.45, 2.75) is 20.4 Å². The Kier molecular flexibility index (Phi) is 2.95. The van der Waals surface area contributed by atoms with E-state index in [0.717, 1.165) is 11.4 Å². The first-order valence-electron chi connectivity index (χ1n) is 5.45. The number of carbonyl (C=O) groups is 1. The molecule has 0 saturated heterocycles. The standard InChI is InChI=1S/C11H15N5O/c1-4-16-10(5-6-12-16)11(17)13-9-7-15(3)14-8(9)2/h5-7H,4H2,1-3H3,(H,13,17). The van der Waals surface area contributed by atoms with Gasteiger partial charge in [-0.15, -0.1) is 0 Å². The van der Waals surface area contributed by atoms with Crippen LogP contribution in [0, 0.1) is 6.92 Å². The molecule has 2 rings (SSSR count). The number of nitrogens with one attached hydrogen (secondary N) is 1. The van der Waals surface area contributed by atoms with Gasteiger partial charge in [-0.1, -0.05) is 0 Å². The first-order chi connectivity index (χ1) is 8.11. The highest BCUT2D eigenvalue weighted by molar-refractivity contribution is 6.03. The molecule has 0 fully saturated rings. The van der Waals surface area contributed by atoms with Gasteiger partial charge in [0.15, 0.2) is 0 Å². The zero-order valence-corrected chi connectivity index (χ0v) is 10.1. The number of carbonyl (C=O) groups excluding carboxylic acids is 1. The molecule has 2 aromatic heterocycles. The Labute approximate surface area is 99.2 Å². The maximum absolute atomic E-state index is 12.0. The topological polar surface area (TPSA) is 64.7 Å². The second-order valence-electron chi connectivity index (χ2n) is 3.79. The van der Waals surface area contributed by atoms with E-state index < -0.39 is 0 Å². The van der Waals surface area contributed by atoms with E-state index in [-0.39, 0.29) is 5.91 Å². The molecular formula is C11H15N5O. The van der Waals surface area contributed by atoms with E-state index in [0.29, 0.717) is 12.2 Å². The molecule has 2 heterocycles. The highest BCUT2D eigenvalue weighted by Gasteiger charge is 2.13. The van der Waals surface area contributed by atoms with E-state index in [9.17, 15) is 4.79 Å². The number of hydrogen-bond acceptors (Lipinski definition) is 3. The summed E-state index contributed by atoms with van der Waals surface area (Å²) in [5.41, 5.74) is 2.07. The van der Waals surface area contributed by atoms with Gasteiger partial charge >= 0.3 is 0 Å². The Morgan fingerprint density at radius 3 is 2.88 bits per heavy atom. The molecule has 17 heavy (non-hydrogen) atoms. The van der Waals surface area contributed by atoms with Crippen LogP contribution in [0.15, 0.2) is 18.5 Å². The van der Waals surface area contributed by atoms with Crippen molar-refractivity contribution in [3.05, 3.63) is 29.8 Å². The molecule has 0 bridgehead atoms. The number of amides is 1. The molecular weight excluding hydrogens is 218 g/mol. The summed E-state index contributed by atoms with van der Waals surface area (Å²) in [7, 11) is 1.82. The maximum atomic E-state index is 12.0. The summed E-state index contributed by atoms with van der Waals surface area (Å²) < 4.78 is 3.32. The minimum Gasteiger partial charge on any atom is -0.318 e. The molecule has 1 amide bonds. The first-order valence-corrected chi connectivity index (χ1v) is 5.45. The SMILES string of the molecule is CCn1nccc1C(=O)Nc1cn(C)nc1C. The third-order valence-electron chi connectivity index (χ3n) is 2.51. The quantitative estimate of drug-likeness (QED) is 0.866. The van der Waals surface area contributed by atoms with Gasteiger partial charge in [0.2, 0.25) is 0 Å². The lowest BCUT2D eigenvalue weighted by Gasteiger charge is -2.05. The predicted octanol–water partition coefficient (Wildman–Crippen LogP) is 1.20. The van der Waals surface area contributed by atoms with Crippen molar-refractivity contribution >= 4 is 11.6 Å². The first kappa shape index (κ1) is 11.4. The number of aryl methyl sites for hydroxylation is 3. The molecule has 0 atom stereocenters. The number of anilines is 1. The van der Waals surface area contributed by atoms with Gasteiger partial charge in [-0.2, -0.15) is 10.2 Å². The summed E-state index contributed by atoms with van der Waals surface area (Å²) in [6, 6.07) is 1.70. The Morgan fingerprint density at radius 1 is 1.53 bits per heavy atom. The molecule has 1 N–H and O–H groups in total. The van der Waals surface area contributed by atoms with Gasteiger partial charge in [-0.3, -0.25) is 14.2 Å². The van der Waals surface area contributed by atoms with Gasteiger partial charge in [0.05, 0.1) is 11.4 Å². The fourth-order valence-electron chi connectivity index (χ4n) is 1.69. The highest BCUT2D eigenvalue weighted by Crippen LogP contribution is 2.13. The van der Waals surface area contributed by atoms with Gasteiger partial charge in [0.25, 0.3) is 5.91 Å². The number of hydrogen-bond donors (Lipinski definition) is 1. The minimum atomic E-state index is -0.166. The van der Waals surface area contributed by atoms with Crippen LogP contribution >= 0.6 is 0 Å². The van der Waals surface area contributed by atoms with Crippen LogP contribution in [-0.2, 0) is 13.6 Å². The molecule has 0 aliphatic rings. The van der Waals surface area contributed by atoms with Gasteiger partial charge in [0.1, 0.15) is 5.69 Å². The van der Waals surface area contributed by atoms with Gasteiger partial charge in [0, 0.05) is 26.0 Å². The Balaban J connectivity index is 2.20. The Hall–Kier alpha value is -2.11. The van der Waals surface area contributed by atoms with Crippen LogP contribution in [-0.4, -0.2) is 25.5 Å². The molecule has 90 valence electrons. The summed E-state index contributed by atoms with van der Waals surface area (Å²) in [5, 5.41) is 11.1. The predicted molar refractivity (Wildman–Crippen MR) is 63.8 cm³/mol. The van der Waals surface area contributed by atoms with E-state index in [1.807, 2.05) is 20.9 Å². The van der Waals surface area contributed by atoms with Crippen LogP contribution in [0.25, 0.3) is 0 Å². The largest absolute Gasteiger partial charge is 0.318 e. The fourth-order valence-corrected chi connectivity index (χ4v) is 1.69. The molecule has 0 aliphatic carbocycles. The van der Waals surface area contributed by atoms with Crippen molar-refractivity contribution in [3.63, 3.8) is 0 Å². The van der Waals surface area contributed by atoms with Crippen LogP contribution in [0.4, 0.5) is 5.69 Å². The van der Waals surface area contributed by atoms with Crippen molar-refractivity contribution in [1.82, 2.24) is 19.6 Å². The summed E-state index contributed by atoms with van der Waals surface area (Å²) in [6.07, 6.45) is 3.40. The van der Waals surface area contributed by atoms with Gasteiger partial charge in [-0.25, -0.2) is 0 Å². The highest BCUT2D eigenvalue weighted by atomic mass is 16.2. The van der Waals surface area contributed by atoms with Gasteiger partial charge < -0.3 is 5.32 Å². The lowest BCUT2D eigenvalue weighted by Crippen LogP contribution is -2.17. The fraction of sp³-hybridized carbons (Fsp3) is 0.364. The van der Waals surface area contributed by atoms with Crippen molar-refractivity contribution in [2.24, 2.45) is 7.05 Å². The number of aromatic nitrogens is 4. The lowest BCUT2D eigenvalue weighted by molar-refractivity contribution is 0.101. The minimum absolute atomic E-state index is 0.166. The van der Waals surface area contributed by atoms with Crippen LogP contribution in [0.5, 0.6) is 0 Å². The molecule has 0 unspecified atom stereocenters. The molecule has 0 aromatic carbocycles.